The Balaban J connectivity index is 1.20. The van der Waals surface area contributed by atoms with Crippen molar-refractivity contribution in [1.29, 1.82) is 0 Å². The van der Waals surface area contributed by atoms with Crippen LogP contribution in [0, 0.1) is 0 Å². The van der Waals surface area contributed by atoms with Gasteiger partial charge in [0.05, 0.1) is 22.7 Å². The summed E-state index contributed by atoms with van der Waals surface area (Å²) in [6, 6.07) is 66.1. The molecular formula is C66H64N2. The molecule has 2 aliphatic rings. The average Bonchev–Trinajstić information content (AvgIpc) is 3.40. The fourth-order valence-corrected chi connectivity index (χ4v) is 12.7. The van der Waals surface area contributed by atoms with Gasteiger partial charge in [0.15, 0.2) is 0 Å². The molecule has 0 spiro atoms. The molecule has 2 fully saturated rings. The van der Waals surface area contributed by atoms with Crippen molar-refractivity contribution >= 4 is 88.0 Å². The summed E-state index contributed by atoms with van der Waals surface area (Å²) in [4.78, 5) is 5.25. The largest absolute Gasteiger partial charge is 0.309 e. The highest BCUT2D eigenvalue weighted by Crippen LogP contribution is 2.54. The van der Waals surface area contributed by atoms with Crippen molar-refractivity contribution in [3.63, 3.8) is 0 Å². The standard InChI is InChI=1S/C66H64N2/c1-3-17-45-31-35-51(36-32-45)67(61-29-15-25-47-23-11-13-27-53(47)61)63-43-59(49-19-7-5-8-20-49)55-40-42-58-64(44-60(50-21-9-6-10-22-50)56-39-41-57(63)65(55)66(56)58)68(52-37-33-46(18-4-2)34-38-52)62-30-16-26-48-24-12-14-28-54(48)62/h11-16,23-44,49-50H,3-10,17-22H2,1-2H3. The normalized spacial score (nSPS) is 15.0. The second kappa shape index (κ2) is 18.5. The van der Waals surface area contributed by atoms with Gasteiger partial charge >= 0.3 is 0 Å². The van der Waals surface area contributed by atoms with Gasteiger partial charge in [-0.3, -0.25) is 0 Å². The van der Waals surface area contributed by atoms with Gasteiger partial charge in [0.1, 0.15) is 0 Å². The minimum absolute atomic E-state index is 0.513. The maximum absolute atomic E-state index is 2.64. The number of rotatable bonds is 12. The van der Waals surface area contributed by atoms with Crippen LogP contribution in [0.5, 0.6) is 0 Å². The van der Waals surface area contributed by atoms with Crippen LogP contribution < -0.4 is 9.80 Å². The lowest BCUT2D eigenvalue weighted by atomic mass is 9.77. The highest BCUT2D eigenvalue weighted by Gasteiger charge is 2.30. The summed E-state index contributed by atoms with van der Waals surface area (Å²) in [6.07, 6.45) is 17.2. The Hall–Kier alpha value is -6.64. The van der Waals surface area contributed by atoms with E-state index in [9.17, 15) is 0 Å². The van der Waals surface area contributed by atoms with Gasteiger partial charge in [-0.1, -0.05) is 187 Å². The van der Waals surface area contributed by atoms with Gasteiger partial charge in [0.2, 0.25) is 0 Å². The fourth-order valence-electron chi connectivity index (χ4n) is 12.7. The van der Waals surface area contributed by atoms with E-state index in [0.717, 1.165) is 25.7 Å². The summed E-state index contributed by atoms with van der Waals surface area (Å²) in [5.74, 6) is 1.03. The molecule has 0 bridgehead atoms. The van der Waals surface area contributed by atoms with Crippen LogP contribution in [-0.4, -0.2) is 0 Å². The molecule has 0 saturated heterocycles. The molecule has 0 heterocycles. The minimum Gasteiger partial charge on any atom is -0.309 e. The van der Waals surface area contributed by atoms with Crippen LogP contribution in [0.15, 0.2) is 170 Å². The molecule has 10 aromatic carbocycles. The number of nitrogens with zero attached hydrogens (tertiary/aromatic N) is 2. The predicted octanol–water partition coefficient (Wildman–Crippen LogP) is 19.8. The van der Waals surface area contributed by atoms with Crippen molar-refractivity contribution < 1.29 is 0 Å². The lowest BCUT2D eigenvalue weighted by Gasteiger charge is -2.34. The molecule has 0 N–H and O–H groups in total. The van der Waals surface area contributed by atoms with Crippen LogP contribution in [0.3, 0.4) is 0 Å². The first-order valence-electron chi connectivity index (χ1n) is 26.2. The molecule has 0 unspecified atom stereocenters. The van der Waals surface area contributed by atoms with E-state index in [2.05, 4.69) is 194 Å². The summed E-state index contributed by atoms with van der Waals surface area (Å²) < 4.78 is 0. The molecule has 0 amide bonds. The van der Waals surface area contributed by atoms with Crippen molar-refractivity contribution in [3.8, 4) is 0 Å². The van der Waals surface area contributed by atoms with Gasteiger partial charge in [-0.15, -0.1) is 0 Å². The average molecular weight is 885 g/mol. The van der Waals surface area contributed by atoms with Gasteiger partial charge in [-0.2, -0.15) is 0 Å². The van der Waals surface area contributed by atoms with E-state index in [4.69, 9.17) is 0 Å². The van der Waals surface area contributed by atoms with Crippen LogP contribution >= 0.6 is 0 Å². The van der Waals surface area contributed by atoms with Crippen molar-refractivity contribution in [2.75, 3.05) is 9.80 Å². The molecule has 0 aromatic heterocycles. The highest BCUT2D eigenvalue weighted by molar-refractivity contribution is 6.30. The van der Waals surface area contributed by atoms with Crippen LogP contribution in [0.1, 0.15) is 125 Å². The number of anilines is 6. The number of fused-ring (bicyclic) bond motifs is 2. The van der Waals surface area contributed by atoms with Crippen LogP contribution in [0.25, 0.3) is 53.9 Å². The van der Waals surface area contributed by atoms with Gasteiger partial charge in [-0.05, 0) is 153 Å². The topological polar surface area (TPSA) is 6.48 Å². The molecule has 68 heavy (non-hydrogen) atoms. The monoisotopic (exact) mass is 885 g/mol. The first-order chi connectivity index (χ1) is 33.7. The number of benzene rings is 10. The molecule has 338 valence electrons. The highest BCUT2D eigenvalue weighted by atomic mass is 15.2. The Kier molecular flexibility index (Phi) is 11.6. The Morgan fingerprint density at radius 1 is 0.353 bits per heavy atom. The van der Waals surface area contributed by atoms with E-state index in [1.54, 1.807) is 0 Å². The fraction of sp³-hybridized carbons (Fsp3) is 0.273. The van der Waals surface area contributed by atoms with E-state index in [-0.39, 0.29) is 0 Å². The first-order valence-corrected chi connectivity index (χ1v) is 26.2. The molecule has 2 heteroatoms. The molecule has 0 aliphatic heterocycles. The summed E-state index contributed by atoms with van der Waals surface area (Å²) >= 11 is 0. The summed E-state index contributed by atoms with van der Waals surface area (Å²) in [5, 5.41) is 13.5. The second-order valence-corrected chi connectivity index (χ2v) is 20.2. The molecule has 2 saturated carbocycles. The van der Waals surface area contributed by atoms with Crippen molar-refractivity contribution in [1.82, 2.24) is 0 Å². The van der Waals surface area contributed by atoms with Crippen molar-refractivity contribution in [2.24, 2.45) is 0 Å². The molecule has 0 atom stereocenters. The Morgan fingerprint density at radius 2 is 0.735 bits per heavy atom. The van der Waals surface area contributed by atoms with Gasteiger partial charge in [-0.25, -0.2) is 0 Å². The first kappa shape index (κ1) is 42.7. The quantitative estimate of drug-likeness (QED) is 0.113. The zero-order valence-electron chi connectivity index (χ0n) is 40.1. The SMILES string of the molecule is CCCc1ccc(N(c2cccc3ccccc23)c2cc(C3CCCCC3)c3ccc4c(N(c5ccc(CCC)cc5)c5cccc6ccccc56)cc(C5CCCCC5)c5ccc2c3c54)cc1. The number of aryl methyl sites for hydroxylation is 2. The van der Waals surface area contributed by atoms with Gasteiger partial charge < -0.3 is 9.80 Å². The zero-order chi connectivity index (χ0) is 45.6. The van der Waals surface area contributed by atoms with E-state index in [0.29, 0.717) is 11.8 Å². The lowest BCUT2D eigenvalue weighted by molar-refractivity contribution is 0.445. The molecule has 10 aromatic rings. The molecule has 0 radical (unpaired) electrons. The predicted molar refractivity (Wildman–Crippen MR) is 294 cm³/mol. The van der Waals surface area contributed by atoms with Crippen molar-refractivity contribution in [3.05, 3.63) is 192 Å². The molecule has 12 rings (SSSR count). The third-order valence-corrected chi connectivity index (χ3v) is 16.0. The summed E-state index contributed by atoms with van der Waals surface area (Å²) in [5.41, 5.74) is 13.3. The van der Waals surface area contributed by atoms with Gasteiger partial charge in [0, 0.05) is 32.9 Å². The summed E-state index contributed by atoms with van der Waals surface area (Å²) in [6.45, 7) is 4.56. The van der Waals surface area contributed by atoms with Crippen LogP contribution in [0.2, 0.25) is 0 Å². The Morgan fingerprint density at radius 3 is 1.15 bits per heavy atom. The Labute approximate surface area is 403 Å². The van der Waals surface area contributed by atoms with E-state index >= 15 is 0 Å². The van der Waals surface area contributed by atoms with Gasteiger partial charge in [0.25, 0.3) is 0 Å². The third-order valence-electron chi connectivity index (χ3n) is 16.0. The molecule has 2 nitrogen and oxygen atoms in total. The molecule has 2 aliphatic carbocycles. The van der Waals surface area contributed by atoms with Crippen molar-refractivity contribution in [2.45, 2.75) is 116 Å². The second-order valence-electron chi connectivity index (χ2n) is 20.2. The minimum atomic E-state index is 0.513. The van der Waals surface area contributed by atoms with E-state index < -0.39 is 0 Å². The maximum atomic E-state index is 2.64. The Bertz CT molecular complexity index is 3150. The van der Waals surface area contributed by atoms with Crippen LogP contribution in [-0.2, 0) is 12.8 Å². The summed E-state index contributed by atoms with van der Waals surface area (Å²) in [7, 11) is 0. The lowest BCUT2D eigenvalue weighted by Crippen LogP contribution is -2.15. The van der Waals surface area contributed by atoms with Crippen LogP contribution in [0.4, 0.5) is 34.1 Å². The smallest absolute Gasteiger partial charge is 0.0543 e. The number of hydrogen-bond donors (Lipinski definition) is 0. The zero-order valence-corrected chi connectivity index (χ0v) is 40.1. The maximum Gasteiger partial charge on any atom is 0.0543 e. The van der Waals surface area contributed by atoms with E-state index in [1.807, 2.05) is 0 Å². The van der Waals surface area contributed by atoms with E-state index in [1.165, 1.54) is 174 Å². The number of hydrogen-bond acceptors (Lipinski definition) is 2. The molecular weight excluding hydrogens is 821 g/mol. The third kappa shape index (κ3) is 7.58.